The van der Waals surface area contributed by atoms with E-state index in [0.717, 1.165) is 29.0 Å². The first kappa shape index (κ1) is 19.3. The van der Waals surface area contributed by atoms with Gasteiger partial charge in [-0.1, -0.05) is 6.07 Å². The van der Waals surface area contributed by atoms with Crippen molar-refractivity contribution in [1.29, 1.82) is 0 Å². The standard InChI is InChI=1S/C20H18FNO3S3/c21-14-3-5-15(6-4-14)28(24,25)13-9-19(23)22-10-7-17-16(8-12-27-17)20(22)18-2-1-11-26-18/h1-6,8,11-12,20H,7,9-10,13H2/t20-/m0/s1. The van der Waals surface area contributed by atoms with Gasteiger partial charge in [-0.25, -0.2) is 12.8 Å². The van der Waals surface area contributed by atoms with Crippen molar-refractivity contribution >= 4 is 38.4 Å². The van der Waals surface area contributed by atoms with Gasteiger partial charge in [-0.05, 0) is 59.1 Å². The lowest BCUT2D eigenvalue weighted by Gasteiger charge is -2.35. The highest BCUT2D eigenvalue weighted by molar-refractivity contribution is 7.91. The molecule has 4 rings (SSSR count). The van der Waals surface area contributed by atoms with Crippen LogP contribution in [0.5, 0.6) is 0 Å². The Morgan fingerprint density at radius 1 is 1.11 bits per heavy atom. The number of carbonyl (C=O) groups excluding carboxylic acids is 1. The summed E-state index contributed by atoms with van der Waals surface area (Å²) in [6, 6.07) is 10.6. The predicted octanol–water partition coefficient (Wildman–Crippen LogP) is 4.29. The fourth-order valence-corrected chi connectivity index (χ4v) is 6.45. The number of benzene rings is 1. The molecular weight excluding hydrogens is 417 g/mol. The fraction of sp³-hybridized carbons (Fsp3) is 0.250. The number of carbonyl (C=O) groups is 1. The number of hydrogen-bond donors (Lipinski definition) is 0. The van der Waals surface area contributed by atoms with E-state index >= 15 is 0 Å². The fourth-order valence-electron chi connectivity index (χ4n) is 3.46. The molecule has 0 unspecified atom stereocenters. The third kappa shape index (κ3) is 3.76. The normalized spacial score (nSPS) is 16.8. The molecule has 1 aromatic carbocycles. The molecule has 0 fully saturated rings. The van der Waals surface area contributed by atoms with Crippen LogP contribution < -0.4 is 0 Å². The lowest BCUT2D eigenvalue weighted by molar-refractivity contribution is -0.132. The molecule has 1 aliphatic heterocycles. The van der Waals surface area contributed by atoms with Gasteiger partial charge in [0, 0.05) is 22.7 Å². The first-order valence-electron chi connectivity index (χ1n) is 8.83. The molecule has 0 aliphatic carbocycles. The van der Waals surface area contributed by atoms with Crippen molar-refractivity contribution in [1.82, 2.24) is 4.90 Å². The molecule has 8 heteroatoms. The third-order valence-corrected chi connectivity index (χ3v) is 8.51. The maximum Gasteiger partial charge on any atom is 0.224 e. The van der Waals surface area contributed by atoms with E-state index < -0.39 is 15.7 Å². The molecule has 0 radical (unpaired) electrons. The van der Waals surface area contributed by atoms with Crippen LogP contribution in [-0.4, -0.2) is 31.5 Å². The van der Waals surface area contributed by atoms with Crippen LogP contribution in [0.25, 0.3) is 0 Å². The first-order chi connectivity index (χ1) is 13.5. The van der Waals surface area contributed by atoms with Crippen LogP contribution in [0.4, 0.5) is 4.39 Å². The quantitative estimate of drug-likeness (QED) is 0.562. The monoisotopic (exact) mass is 435 g/mol. The number of sulfone groups is 1. The minimum Gasteiger partial charge on any atom is -0.330 e. The molecular formula is C20H18FNO3S3. The highest BCUT2D eigenvalue weighted by Gasteiger charge is 2.33. The second-order valence-electron chi connectivity index (χ2n) is 6.58. The van der Waals surface area contributed by atoms with Gasteiger partial charge in [-0.15, -0.1) is 22.7 Å². The van der Waals surface area contributed by atoms with Crippen LogP contribution in [0.2, 0.25) is 0 Å². The van der Waals surface area contributed by atoms with Gasteiger partial charge in [0.1, 0.15) is 5.82 Å². The van der Waals surface area contributed by atoms with Gasteiger partial charge in [0.2, 0.25) is 5.91 Å². The Hall–Kier alpha value is -2.03. The van der Waals surface area contributed by atoms with Crippen LogP contribution >= 0.6 is 22.7 Å². The predicted molar refractivity (Wildman–Crippen MR) is 109 cm³/mol. The Morgan fingerprint density at radius 2 is 1.89 bits per heavy atom. The summed E-state index contributed by atoms with van der Waals surface area (Å²) in [4.78, 5) is 17.2. The minimum atomic E-state index is -3.64. The lowest BCUT2D eigenvalue weighted by atomic mass is 9.98. The van der Waals surface area contributed by atoms with Crippen molar-refractivity contribution in [3.05, 3.63) is 74.4 Å². The van der Waals surface area contributed by atoms with Gasteiger partial charge in [-0.3, -0.25) is 4.79 Å². The molecule has 0 spiro atoms. The topological polar surface area (TPSA) is 54.5 Å². The number of rotatable bonds is 5. The average Bonchev–Trinajstić information content (AvgIpc) is 3.37. The summed E-state index contributed by atoms with van der Waals surface area (Å²) in [6.45, 7) is 0.575. The third-order valence-electron chi connectivity index (χ3n) is 4.86. The maximum atomic E-state index is 13.1. The zero-order chi connectivity index (χ0) is 19.7. The van der Waals surface area contributed by atoms with Gasteiger partial charge in [0.15, 0.2) is 9.84 Å². The van der Waals surface area contributed by atoms with Crippen LogP contribution in [0.3, 0.4) is 0 Å². The van der Waals surface area contributed by atoms with Crippen molar-refractivity contribution in [2.24, 2.45) is 0 Å². The van der Waals surface area contributed by atoms with Crippen molar-refractivity contribution in [3.8, 4) is 0 Å². The Morgan fingerprint density at radius 3 is 2.61 bits per heavy atom. The average molecular weight is 436 g/mol. The highest BCUT2D eigenvalue weighted by Crippen LogP contribution is 2.39. The second-order valence-corrected chi connectivity index (χ2v) is 10.7. The molecule has 146 valence electrons. The molecule has 0 saturated heterocycles. The summed E-state index contributed by atoms with van der Waals surface area (Å²) < 4.78 is 38.1. The van der Waals surface area contributed by atoms with Gasteiger partial charge in [-0.2, -0.15) is 0 Å². The zero-order valence-corrected chi connectivity index (χ0v) is 17.3. The molecule has 0 bridgehead atoms. The second kappa shape index (κ2) is 7.77. The number of fused-ring (bicyclic) bond motifs is 1. The molecule has 0 saturated carbocycles. The Balaban J connectivity index is 1.53. The summed E-state index contributed by atoms with van der Waals surface area (Å²) >= 11 is 3.29. The number of nitrogens with zero attached hydrogens (tertiary/aromatic N) is 1. The van der Waals surface area contributed by atoms with E-state index in [1.807, 2.05) is 22.9 Å². The molecule has 2 aromatic heterocycles. The Labute approximate surface area is 171 Å². The Bertz CT molecular complexity index is 1070. The Kier molecular flexibility index (Phi) is 5.35. The summed E-state index contributed by atoms with van der Waals surface area (Å²) in [6.07, 6.45) is 0.687. The van der Waals surface area contributed by atoms with E-state index in [0.29, 0.717) is 6.54 Å². The van der Waals surface area contributed by atoms with Gasteiger partial charge >= 0.3 is 0 Å². The molecule has 1 amide bonds. The summed E-state index contributed by atoms with van der Waals surface area (Å²) in [5.41, 5.74) is 1.13. The molecule has 3 heterocycles. The minimum absolute atomic E-state index is 0.0373. The number of hydrogen-bond acceptors (Lipinski definition) is 5. The van der Waals surface area contributed by atoms with E-state index in [1.54, 1.807) is 27.6 Å². The van der Waals surface area contributed by atoms with Crippen molar-refractivity contribution in [3.63, 3.8) is 0 Å². The zero-order valence-electron chi connectivity index (χ0n) is 14.9. The summed E-state index contributed by atoms with van der Waals surface area (Å²) in [5, 5.41) is 4.02. The van der Waals surface area contributed by atoms with Crippen molar-refractivity contribution in [2.75, 3.05) is 12.3 Å². The molecule has 4 nitrogen and oxygen atoms in total. The van der Waals surface area contributed by atoms with E-state index in [2.05, 4.69) is 6.07 Å². The van der Waals surface area contributed by atoms with E-state index in [4.69, 9.17) is 0 Å². The van der Waals surface area contributed by atoms with E-state index in [-0.39, 0.29) is 29.0 Å². The molecule has 3 aromatic rings. The molecule has 1 atom stereocenters. The summed E-state index contributed by atoms with van der Waals surface area (Å²) in [7, 11) is -3.64. The SMILES string of the molecule is O=C(CCS(=O)(=O)c1ccc(F)cc1)N1CCc2sccc2[C@H]1c1cccs1. The number of halogens is 1. The molecule has 28 heavy (non-hydrogen) atoms. The number of thiophene rings is 2. The van der Waals surface area contributed by atoms with Crippen molar-refractivity contribution in [2.45, 2.75) is 23.8 Å². The van der Waals surface area contributed by atoms with Gasteiger partial charge in [0.05, 0.1) is 16.7 Å². The van der Waals surface area contributed by atoms with Crippen LogP contribution in [0.1, 0.15) is 27.8 Å². The summed E-state index contributed by atoms with van der Waals surface area (Å²) in [5.74, 6) is -0.962. The highest BCUT2D eigenvalue weighted by atomic mass is 32.2. The lowest BCUT2D eigenvalue weighted by Crippen LogP contribution is -2.40. The van der Waals surface area contributed by atoms with Crippen LogP contribution in [0.15, 0.2) is 58.1 Å². The van der Waals surface area contributed by atoms with Crippen molar-refractivity contribution < 1.29 is 17.6 Å². The van der Waals surface area contributed by atoms with Gasteiger partial charge < -0.3 is 4.90 Å². The molecule has 1 aliphatic rings. The largest absolute Gasteiger partial charge is 0.330 e. The van der Waals surface area contributed by atoms with E-state index in [1.165, 1.54) is 17.0 Å². The van der Waals surface area contributed by atoms with Crippen LogP contribution in [0, 0.1) is 5.82 Å². The van der Waals surface area contributed by atoms with E-state index in [9.17, 15) is 17.6 Å². The smallest absolute Gasteiger partial charge is 0.224 e. The molecule has 0 N–H and O–H groups in total. The first-order valence-corrected chi connectivity index (χ1v) is 12.2. The van der Waals surface area contributed by atoms with Crippen LogP contribution in [-0.2, 0) is 21.1 Å². The maximum absolute atomic E-state index is 13.1. The van der Waals surface area contributed by atoms with Gasteiger partial charge in [0.25, 0.3) is 0 Å². The number of amides is 1.